The van der Waals surface area contributed by atoms with Gasteiger partial charge in [0.05, 0.1) is 5.56 Å². The van der Waals surface area contributed by atoms with E-state index in [4.69, 9.17) is 17.3 Å². The SMILES string of the molecule is NC(=O)c1cccc(NC(=O)c2cc(Br)cnc2Cl)c1. The zero-order chi connectivity index (χ0) is 14.7. The number of carbonyl (C=O) groups is 2. The van der Waals surface area contributed by atoms with E-state index in [0.717, 1.165) is 0 Å². The van der Waals surface area contributed by atoms with E-state index in [-0.39, 0.29) is 10.7 Å². The van der Waals surface area contributed by atoms with E-state index in [9.17, 15) is 9.59 Å². The van der Waals surface area contributed by atoms with Crippen LogP contribution in [-0.2, 0) is 0 Å². The molecule has 0 aliphatic heterocycles. The minimum Gasteiger partial charge on any atom is -0.366 e. The van der Waals surface area contributed by atoms with Crippen LogP contribution >= 0.6 is 27.5 Å². The molecule has 2 aromatic rings. The van der Waals surface area contributed by atoms with Gasteiger partial charge in [-0.05, 0) is 40.2 Å². The topological polar surface area (TPSA) is 85.1 Å². The fourth-order valence-electron chi connectivity index (χ4n) is 1.53. The molecule has 1 aromatic heterocycles. The van der Waals surface area contributed by atoms with Gasteiger partial charge in [0.15, 0.2) is 0 Å². The Morgan fingerprint density at radius 3 is 2.75 bits per heavy atom. The van der Waals surface area contributed by atoms with Gasteiger partial charge in [0.25, 0.3) is 5.91 Å². The number of nitrogens with two attached hydrogens (primary N) is 1. The van der Waals surface area contributed by atoms with Gasteiger partial charge < -0.3 is 11.1 Å². The molecule has 0 unspecified atom stereocenters. The molecule has 1 aromatic carbocycles. The Labute approximate surface area is 128 Å². The van der Waals surface area contributed by atoms with Crippen LogP contribution in [0.1, 0.15) is 20.7 Å². The number of halogens is 2. The molecule has 1 heterocycles. The Kier molecular flexibility index (Phi) is 4.36. The molecular weight excluding hydrogens is 346 g/mol. The normalized spacial score (nSPS) is 10.1. The molecule has 2 rings (SSSR count). The number of pyridine rings is 1. The van der Waals surface area contributed by atoms with Gasteiger partial charge >= 0.3 is 0 Å². The van der Waals surface area contributed by atoms with Gasteiger partial charge in [-0.1, -0.05) is 17.7 Å². The third kappa shape index (κ3) is 3.34. The second kappa shape index (κ2) is 6.02. The van der Waals surface area contributed by atoms with Gasteiger partial charge in [-0.2, -0.15) is 0 Å². The highest BCUT2D eigenvalue weighted by atomic mass is 79.9. The third-order valence-electron chi connectivity index (χ3n) is 2.46. The minimum absolute atomic E-state index is 0.0942. The highest BCUT2D eigenvalue weighted by molar-refractivity contribution is 9.10. The number of carbonyl (C=O) groups excluding carboxylic acids is 2. The number of rotatable bonds is 3. The standard InChI is InChI=1S/C13H9BrClN3O2/c14-8-5-10(11(15)17-6-8)13(20)18-9-3-1-2-7(4-9)12(16)19/h1-6H,(H2,16,19)(H,18,20). The molecule has 7 heteroatoms. The molecule has 2 amide bonds. The van der Waals surface area contributed by atoms with Crippen LogP contribution in [0.15, 0.2) is 41.0 Å². The van der Waals surface area contributed by atoms with E-state index in [0.29, 0.717) is 15.7 Å². The molecule has 0 aliphatic rings. The molecule has 5 nitrogen and oxygen atoms in total. The van der Waals surface area contributed by atoms with Crippen LogP contribution in [0.25, 0.3) is 0 Å². The van der Waals surface area contributed by atoms with Crippen molar-refractivity contribution < 1.29 is 9.59 Å². The second-order valence-electron chi connectivity index (χ2n) is 3.89. The van der Waals surface area contributed by atoms with Crippen molar-refractivity contribution in [2.45, 2.75) is 0 Å². The summed E-state index contributed by atoms with van der Waals surface area (Å²) in [6.45, 7) is 0. The van der Waals surface area contributed by atoms with Crippen LogP contribution in [-0.4, -0.2) is 16.8 Å². The molecule has 3 N–H and O–H groups in total. The Morgan fingerprint density at radius 2 is 2.05 bits per heavy atom. The molecule has 0 spiro atoms. The average molecular weight is 355 g/mol. The first-order chi connectivity index (χ1) is 9.47. The highest BCUT2D eigenvalue weighted by Crippen LogP contribution is 2.20. The fraction of sp³-hybridized carbons (Fsp3) is 0. The maximum Gasteiger partial charge on any atom is 0.258 e. The van der Waals surface area contributed by atoms with E-state index in [1.54, 1.807) is 24.3 Å². The number of nitrogens with zero attached hydrogens (tertiary/aromatic N) is 1. The monoisotopic (exact) mass is 353 g/mol. The zero-order valence-corrected chi connectivity index (χ0v) is 12.4. The Morgan fingerprint density at radius 1 is 1.30 bits per heavy atom. The Balaban J connectivity index is 2.25. The van der Waals surface area contributed by atoms with Crippen molar-refractivity contribution in [1.29, 1.82) is 0 Å². The van der Waals surface area contributed by atoms with Gasteiger partial charge in [0.2, 0.25) is 5.91 Å². The first kappa shape index (κ1) is 14.5. The summed E-state index contributed by atoms with van der Waals surface area (Å²) in [6.07, 6.45) is 1.49. The van der Waals surface area contributed by atoms with Crippen molar-refractivity contribution in [3.8, 4) is 0 Å². The van der Waals surface area contributed by atoms with Gasteiger partial charge in [0, 0.05) is 21.9 Å². The Bertz CT molecular complexity index is 691. The maximum absolute atomic E-state index is 12.1. The van der Waals surface area contributed by atoms with Crippen molar-refractivity contribution in [1.82, 2.24) is 4.98 Å². The van der Waals surface area contributed by atoms with Gasteiger partial charge in [-0.3, -0.25) is 9.59 Å². The molecule has 0 radical (unpaired) electrons. The third-order valence-corrected chi connectivity index (χ3v) is 3.19. The van der Waals surface area contributed by atoms with Crippen molar-refractivity contribution in [3.63, 3.8) is 0 Å². The van der Waals surface area contributed by atoms with Crippen molar-refractivity contribution in [2.75, 3.05) is 5.32 Å². The Hall–Kier alpha value is -1.92. The number of hydrogen-bond donors (Lipinski definition) is 2. The van der Waals surface area contributed by atoms with Crippen LogP contribution in [0.3, 0.4) is 0 Å². The minimum atomic E-state index is -0.566. The van der Waals surface area contributed by atoms with Crippen LogP contribution in [0.2, 0.25) is 5.15 Å². The quantitative estimate of drug-likeness (QED) is 0.831. The number of hydrogen-bond acceptors (Lipinski definition) is 3. The first-order valence-electron chi connectivity index (χ1n) is 5.49. The van der Waals surface area contributed by atoms with Crippen molar-refractivity contribution >= 4 is 45.0 Å². The predicted molar refractivity (Wildman–Crippen MR) is 79.9 cm³/mol. The number of anilines is 1. The lowest BCUT2D eigenvalue weighted by atomic mass is 10.2. The molecule has 0 saturated heterocycles. The summed E-state index contributed by atoms with van der Waals surface area (Å²) < 4.78 is 0.637. The smallest absolute Gasteiger partial charge is 0.258 e. The van der Waals surface area contributed by atoms with E-state index in [2.05, 4.69) is 26.2 Å². The first-order valence-corrected chi connectivity index (χ1v) is 6.67. The summed E-state index contributed by atoms with van der Waals surface area (Å²) >= 11 is 9.09. The number of primary amides is 1. The van der Waals surface area contributed by atoms with Gasteiger partial charge in [-0.25, -0.2) is 4.98 Å². The lowest BCUT2D eigenvalue weighted by molar-refractivity contribution is 0.0996. The lowest BCUT2D eigenvalue weighted by Gasteiger charge is -2.07. The maximum atomic E-state index is 12.1. The number of nitrogens with one attached hydrogen (secondary N) is 1. The van der Waals surface area contributed by atoms with Crippen LogP contribution in [0.5, 0.6) is 0 Å². The van der Waals surface area contributed by atoms with E-state index >= 15 is 0 Å². The molecule has 0 saturated carbocycles. The number of aromatic nitrogens is 1. The summed E-state index contributed by atoms with van der Waals surface area (Å²) in [6, 6.07) is 7.87. The summed E-state index contributed by atoms with van der Waals surface area (Å²) in [5.41, 5.74) is 6.16. The second-order valence-corrected chi connectivity index (χ2v) is 5.16. The zero-order valence-electron chi connectivity index (χ0n) is 10.1. The summed E-state index contributed by atoms with van der Waals surface area (Å²) in [7, 11) is 0. The summed E-state index contributed by atoms with van der Waals surface area (Å²) in [4.78, 5) is 27.0. The molecule has 0 fully saturated rings. The summed E-state index contributed by atoms with van der Waals surface area (Å²) in [5, 5.41) is 2.72. The number of benzene rings is 1. The lowest BCUT2D eigenvalue weighted by Crippen LogP contribution is -2.15. The van der Waals surface area contributed by atoms with Crippen molar-refractivity contribution in [2.24, 2.45) is 5.73 Å². The van der Waals surface area contributed by atoms with E-state index in [1.165, 1.54) is 12.3 Å². The number of amides is 2. The van der Waals surface area contributed by atoms with Crippen LogP contribution in [0, 0.1) is 0 Å². The van der Waals surface area contributed by atoms with Crippen molar-refractivity contribution in [3.05, 3.63) is 57.3 Å². The molecular formula is C13H9BrClN3O2. The van der Waals surface area contributed by atoms with Gasteiger partial charge in [0.1, 0.15) is 5.15 Å². The summed E-state index contributed by atoms with van der Waals surface area (Å²) in [5.74, 6) is -0.992. The largest absolute Gasteiger partial charge is 0.366 e. The van der Waals surface area contributed by atoms with Gasteiger partial charge in [-0.15, -0.1) is 0 Å². The average Bonchev–Trinajstić information content (AvgIpc) is 2.41. The van der Waals surface area contributed by atoms with Crippen LogP contribution < -0.4 is 11.1 Å². The molecule has 0 aliphatic carbocycles. The highest BCUT2D eigenvalue weighted by Gasteiger charge is 2.13. The van der Waals surface area contributed by atoms with E-state index < -0.39 is 11.8 Å². The predicted octanol–water partition coefficient (Wildman–Crippen LogP) is 2.85. The van der Waals surface area contributed by atoms with E-state index in [1.807, 2.05) is 0 Å². The molecule has 20 heavy (non-hydrogen) atoms. The molecule has 102 valence electrons. The molecule has 0 atom stereocenters. The fourth-order valence-corrected chi connectivity index (χ4v) is 2.05. The van der Waals surface area contributed by atoms with Crippen LogP contribution in [0.4, 0.5) is 5.69 Å². The molecule has 0 bridgehead atoms.